The fourth-order valence-corrected chi connectivity index (χ4v) is 3.38. The molecule has 2 rings (SSSR count). The molecule has 4 nitrogen and oxygen atoms in total. The Morgan fingerprint density at radius 3 is 2.62 bits per heavy atom. The van der Waals surface area contributed by atoms with Gasteiger partial charge in [-0.3, -0.25) is 4.79 Å². The molecule has 0 saturated carbocycles. The van der Waals surface area contributed by atoms with Gasteiger partial charge in [-0.25, -0.2) is 0 Å². The number of nitrogens with two attached hydrogens (primary N) is 1. The zero-order valence-corrected chi connectivity index (χ0v) is 15.3. The molecule has 1 aromatic heterocycles. The van der Waals surface area contributed by atoms with Crippen LogP contribution in [-0.4, -0.2) is 34.0 Å². The molecule has 21 heavy (non-hydrogen) atoms. The normalized spacial score (nSPS) is 20.3. The Morgan fingerprint density at radius 2 is 2.05 bits per heavy atom. The van der Waals surface area contributed by atoms with Crippen molar-refractivity contribution in [3.63, 3.8) is 0 Å². The van der Waals surface area contributed by atoms with Crippen LogP contribution in [0.5, 0.6) is 0 Å². The molecule has 2 unspecified atom stereocenters. The standard InChI is InChI=1S/C15H24BrN3O.ClH/c1-10(2)19-9-12(16)8-14(19)15(20)18-7-5-4-6-13(18)11(3)17;/h8-11,13H,4-7,17H2,1-3H3;1H. The van der Waals surface area contributed by atoms with Crippen molar-refractivity contribution in [1.29, 1.82) is 0 Å². The summed E-state index contributed by atoms with van der Waals surface area (Å²) in [6, 6.07) is 2.35. The van der Waals surface area contributed by atoms with Gasteiger partial charge in [0.25, 0.3) is 5.91 Å². The molecule has 2 atom stereocenters. The first-order valence-electron chi connectivity index (χ1n) is 7.35. The molecule has 0 aromatic carbocycles. The zero-order valence-electron chi connectivity index (χ0n) is 12.9. The number of piperidine rings is 1. The van der Waals surface area contributed by atoms with Crippen LogP contribution in [0.2, 0.25) is 0 Å². The number of carbonyl (C=O) groups excluding carboxylic acids is 1. The number of rotatable bonds is 3. The Balaban J connectivity index is 0.00000220. The molecule has 2 N–H and O–H groups in total. The molecule has 0 spiro atoms. The Labute approximate surface area is 141 Å². The number of aromatic nitrogens is 1. The van der Waals surface area contributed by atoms with Gasteiger partial charge in [0.05, 0.1) is 0 Å². The van der Waals surface area contributed by atoms with Crippen LogP contribution in [0.4, 0.5) is 0 Å². The summed E-state index contributed by atoms with van der Waals surface area (Å²) < 4.78 is 2.98. The van der Waals surface area contributed by atoms with E-state index in [9.17, 15) is 4.79 Å². The molecule has 0 radical (unpaired) electrons. The molecule has 1 aliphatic heterocycles. The molecule has 6 heteroatoms. The summed E-state index contributed by atoms with van der Waals surface area (Å²) in [7, 11) is 0. The maximum atomic E-state index is 12.9. The molecule has 120 valence electrons. The highest BCUT2D eigenvalue weighted by atomic mass is 79.9. The van der Waals surface area contributed by atoms with Gasteiger partial charge in [-0.05, 0) is 62.0 Å². The van der Waals surface area contributed by atoms with Crippen molar-refractivity contribution in [2.75, 3.05) is 6.54 Å². The van der Waals surface area contributed by atoms with E-state index in [0.717, 1.165) is 36.0 Å². The number of hydrogen-bond acceptors (Lipinski definition) is 2. The third-order valence-corrected chi connectivity index (χ3v) is 4.44. The van der Waals surface area contributed by atoms with E-state index in [-0.39, 0.29) is 36.4 Å². The van der Waals surface area contributed by atoms with Crippen molar-refractivity contribution in [3.05, 3.63) is 22.4 Å². The lowest BCUT2D eigenvalue weighted by molar-refractivity contribution is 0.0571. The van der Waals surface area contributed by atoms with E-state index in [4.69, 9.17) is 5.73 Å². The van der Waals surface area contributed by atoms with Crippen molar-refractivity contribution >= 4 is 34.2 Å². The van der Waals surface area contributed by atoms with E-state index in [2.05, 4.69) is 29.8 Å². The van der Waals surface area contributed by atoms with Crippen LogP contribution in [-0.2, 0) is 0 Å². The van der Waals surface area contributed by atoms with E-state index in [1.54, 1.807) is 0 Å². The summed E-state index contributed by atoms with van der Waals surface area (Å²) in [5, 5.41) is 0. The van der Waals surface area contributed by atoms with E-state index >= 15 is 0 Å². The molecule has 0 bridgehead atoms. The SMILES string of the molecule is CC(N)C1CCCCN1C(=O)c1cc(Br)cn1C(C)C.Cl. The first-order valence-corrected chi connectivity index (χ1v) is 8.15. The van der Waals surface area contributed by atoms with E-state index in [1.807, 2.05) is 28.7 Å². The predicted octanol–water partition coefficient (Wildman–Crippen LogP) is 3.60. The molecule has 1 fully saturated rings. The molecular weight excluding hydrogens is 354 g/mol. The van der Waals surface area contributed by atoms with E-state index in [0.29, 0.717) is 0 Å². The zero-order chi connectivity index (χ0) is 14.9. The van der Waals surface area contributed by atoms with Gasteiger partial charge in [-0.15, -0.1) is 12.4 Å². The van der Waals surface area contributed by atoms with Gasteiger partial charge in [0.1, 0.15) is 5.69 Å². The molecule has 1 aliphatic rings. The monoisotopic (exact) mass is 377 g/mol. The van der Waals surface area contributed by atoms with Crippen molar-refractivity contribution < 1.29 is 4.79 Å². The minimum absolute atomic E-state index is 0. The first-order chi connectivity index (χ1) is 9.41. The van der Waals surface area contributed by atoms with E-state index < -0.39 is 0 Å². The average molecular weight is 379 g/mol. The highest BCUT2D eigenvalue weighted by Gasteiger charge is 2.31. The van der Waals surface area contributed by atoms with Crippen LogP contribution in [0.15, 0.2) is 16.7 Å². The Morgan fingerprint density at radius 1 is 1.38 bits per heavy atom. The lowest BCUT2D eigenvalue weighted by Crippen LogP contribution is -2.52. The van der Waals surface area contributed by atoms with Crippen LogP contribution >= 0.6 is 28.3 Å². The van der Waals surface area contributed by atoms with Gasteiger partial charge in [0.15, 0.2) is 0 Å². The number of amides is 1. The smallest absolute Gasteiger partial charge is 0.270 e. The van der Waals surface area contributed by atoms with Gasteiger partial charge in [-0.2, -0.15) is 0 Å². The van der Waals surface area contributed by atoms with Crippen molar-refractivity contribution in [2.45, 2.75) is 58.2 Å². The number of carbonyl (C=O) groups is 1. The quantitative estimate of drug-likeness (QED) is 0.873. The first kappa shape index (κ1) is 18.5. The summed E-state index contributed by atoms with van der Waals surface area (Å²) in [5.74, 6) is 0.103. The van der Waals surface area contributed by atoms with Gasteiger partial charge in [0.2, 0.25) is 0 Å². The predicted molar refractivity (Wildman–Crippen MR) is 92.1 cm³/mol. The van der Waals surface area contributed by atoms with Crippen LogP contribution in [0.1, 0.15) is 56.6 Å². The lowest BCUT2D eigenvalue weighted by Gasteiger charge is -2.38. The lowest BCUT2D eigenvalue weighted by atomic mass is 9.96. The second-order valence-electron chi connectivity index (χ2n) is 5.97. The third-order valence-electron chi connectivity index (χ3n) is 4.01. The highest BCUT2D eigenvalue weighted by molar-refractivity contribution is 9.10. The van der Waals surface area contributed by atoms with Crippen molar-refractivity contribution in [2.24, 2.45) is 5.73 Å². The molecule has 1 saturated heterocycles. The molecule has 0 aliphatic carbocycles. The number of nitrogens with zero attached hydrogens (tertiary/aromatic N) is 2. The molecular formula is C15H25BrClN3O. The van der Waals surface area contributed by atoms with Gasteiger partial charge < -0.3 is 15.2 Å². The molecule has 1 aromatic rings. The average Bonchev–Trinajstić information content (AvgIpc) is 2.80. The van der Waals surface area contributed by atoms with Crippen LogP contribution in [0.25, 0.3) is 0 Å². The van der Waals surface area contributed by atoms with Gasteiger partial charge >= 0.3 is 0 Å². The summed E-state index contributed by atoms with van der Waals surface area (Å²) in [5.41, 5.74) is 6.82. The minimum atomic E-state index is 0. The number of hydrogen-bond donors (Lipinski definition) is 1. The fourth-order valence-electron chi connectivity index (χ4n) is 2.95. The van der Waals surface area contributed by atoms with Crippen LogP contribution in [0.3, 0.4) is 0 Å². The summed E-state index contributed by atoms with van der Waals surface area (Å²) in [6.45, 7) is 6.98. The number of halogens is 2. The van der Waals surface area contributed by atoms with Crippen molar-refractivity contribution in [1.82, 2.24) is 9.47 Å². The van der Waals surface area contributed by atoms with Gasteiger partial charge in [0, 0.05) is 35.3 Å². The third kappa shape index (κ3) is 4.02. The summed E-state index contributed by atoms with van der Waals surface area (Å²) >= 11 is 3.47. The maximum absolute atomic E-state index is 12.9. The molecule has 1 amide bonds. The van der Waals surface area contributed by atoms with Crippen LogP contribution in [0, 0.1) is 0 Å². The van der Waals surface area contributed by atoms with Crippen molar-refractivity contribution in [3.8, 4) is 0 Å². The minimum Gasteiger partial charge on any atom is -0.340 e. The Hall–Kier alpha value is -0.520. The van der Waals surface area contributed by atoms with Gasteiger partial charge in [-0.1, -0.05) is 0 Å². The second kappa shape index (κ2) is 7.65. The Kier molecular flexibility index (Phi) is 6.75. The number of likely N-dealkylation sites (tertiary alicyclic amines) is 1. The maximum Gasteiger partial charge on any atom is 0.270 e. The Bertz CT molecular complexity index is 487. The van der Waals surface area contributed by atoms with Crippen LogP contribution < -0.4 is 5.73 Å². The highest BCUT2D eigenvalue weighted by Crippen LogP contribution is 2.25. The van der Waals surface area contributed by atoms with E-state index in [1.165, 1.54) is 0 Å². The fraction of sp³-hybridized carbons (Fsp3) is 0.667. The second-order valence-corrected chi connectivity index (χ2v) is 6.88. The topological polar surface area (TPSA) is 51.3 Å². The summed E-state index contributed by atoms with van der Waals surface area (Å²) in [6.07, 6.45) is 5.21. The molecule has 2 heterocycles. The largest absolute Gasteiger partial charge is 0.340 e. The summed E-state index contributed by atoms with van der Waals surface area (Å²) in [4.78, 5) is 14.8.